The van der Waals surface area contributed by atoms with Crippen molar-refractivity contribution >= 4 is 17.5 Å². The highest BCUT2D eigenvalue weighted by Gasteiger charge is 2.20. The van der Waals surface area contributed by atoms with E-state index in [0.717, 1.165) is 44.3 Å². The van der Waals surface area contributed by atoms with E-state index in [1.807, 2.05) is 23.7 Å². The summed E-state index contributed by atoms with van der Waals surface area (Å²) in [5.74, 6) is 3.53. The summed E-state index contributed by atoms with van der Waals surface area (Å²) in [6.07, 6.45) is 6.08. The Morgan fingerprint density at radius 3 is 2.33 bits per heavy atom. The Morgan fingerprint density at radius 1 is 1.07 bits per heavy atom. The SMILES string of the molecule is COc1cccc(OC)c1CNc1ncc(N[O-])c(NCC2CCC(CN)CC2)n1. The van der Waals surface area contributed by atoms with E-state index in [2.05, 4.69) is 20.6 Å². The first-order chi connectivity index (χ1) is 14.7. The minimum Gasteiger partial charge on any atom is -0.761 e. The standard InChI is InChI=1S/C21H31N6O3/c1-29-18-4-3-5-19(30-2)16(18)12-24-21-25-13-17(27-28)20(26-21)23-11-15-8-6-14(10-22)7-9-15/h3-5,13-15,27H,6-12,22H2,1-2H3,(H2,23,24,25,26)/q-1. The first kappa shape index (κ1) is 21.9. The van der Waals surface area contributed by atoms with Gasteiger partial charge in [0.1, 0.15) is 11.5 Å². The van der Waals surface area contributed by atoms with Gasteiger partial charge >= 0.3 is 0 Å². The molecule has 3 rings (SSSR count). The molecule has 5 N–H and O–H groups in total. The molecule has 9 heteroatoms. The molecule has 0 aliphatic heterocycles. The zero-order valence-corrected chi connectivity index (χ0v) is 17.6. The predicted octanol–water partition coefficient (Wildman–Crippen LogP) is 3.19. The predicted molar refractivity (Wildman–Crippen MR) is 119 cm³/mol. The van der Waals surface area contributed by atoms with Crippen molar-refractivity contribution in [2.45, 2.75) is 32.2 Å². The number of nitrogens with one attached hydrogen (secondary N) is 3. The van der Waals surface area contributed by atoms with Crippen LogP contribution >= 0.6 is 0 Å². The van der Waals surface area contributed by atoms with Crippen molar-refractivity contribution in [3.63, 3.8) is 0 Å². The van der Waals surface area contributed by atoms with Crippen LogP contribution in [0.15, 0.2) is 24.4 Å². The van der Waals surface area contributed by atoms with Crippen LogP contribution in [0, 0.1) is 17.0 Å². The number of nitrogens with zero attached hydrogens (tertiary/aromatic N) is 2. The highest BCUT2D eigenvalue weighted by atomic mass is 16.5. The lowest BCUT2D eigenvalue weighted by Gasteiger charge is -2.28. The fraction of sp³-hybridized carbons (Fsp3) is 0.524. The molecule has 1 fully saturated rings. The second kappa shape index (κ2) is 10.8. The topological polar surface area (TPSA) is 129 Å². The molecule has 0 atom stereocenters. The summed E-state index contributed by atoms with van der Waals surface area (Å²) in [6, 6.07) is 5.61. The van der Waals surface area contributed by atoms with Gasteiger partial charge in [0.15, 0.2) is 5.82 Å². The van der Waals surface area contributed by atoms with Gasteiger partial charge in [0.05, 0.1) is 38.2 Å². The van der Waals surface area contributed by atoms with Crippen LogP contribution in [0.4, 0.5) is 17.5 Å². The molecule has 164 valence electrons. The Hall–Kier alpha value is -2.78. The molecule has 30 heavy (non-hydrogen) atoms. The van der Waals surface area contributed by atoms with Gasteiger partial charge in [-0.1, -0.05) is 6.07 Å². The van der Waals surface area contributed by atoms with E-state index in [9.17, 15) is 5.21 Å². The number of ether oxygens (including phenoxy) is 2. The van der Waals surface area contributed by atoms with Gasteiger partial charge in [0.25, 0.3) is 0 Å². The maximum atomic E-state index is 11.3. The lowest BCUT2D eigenvalue weighted by Crippen LogP contribution is -2.25. The van der Waals surface area contributed by atoms with Crippen LogP contribution in [-0.4, -0.2) is 37.3 Å². The summed E-state index contributed by atoms with van der Waals surface area (Å²) in [6.45, 7) is 1.95. The number of benzene rings is 1. The summed E-state index contributed by atoms with van der Waals surface area (Å²) < 4.78 is 10.9. The van der Waals surface area contributed by atoms with Crippen molar-refractivity contribution in [3.05, 3.63) is 35.2 Å². The molecule has 1 aliphatic rings. The summed E-state index contributed by atoms with van der Waals surface area (Å²) in [7, 11) is 3.24. The highest BCUT2D eigenvalue weighted by molar-refractivity contribution is 5.65. The third-order valence-corrected chi connectivity index (χ3v) is 5.71. The molecule has 0 spiro atoms. The number of nitrogens with two attached hydrogens (primary N) is 1. The average Bonchev–Trinajstić information content (AvgIpc) is 2.81. The van der Waals surface area contributed by atoms with E-state index in [1.54, 1.807) is 14.2 Å². The molecule has 0 bridgehead atoms. The van der Waals surface area contributed by atoms with Gasteiger partial charge < -0.3 is 36.5 Å². The lowest BCUT2D eigenvalue weighted by molar-refractivity contribution is 0.289. The third-order valence-electron chi connectivity index (χ3n) is 5.71. The van der Waals surface area contributed by atoms with E-state index in [0.29, 0.717) is 47.3 Å². The second-order valence-corrected chi connectivity index (χ2v) is 7.56. The Bertz CT molecular complexity index is 789. The zero-order valence-electron chi connectivity index (χ0n) is 17.6. The fourth-order valence-electron chi connectivity index (χ4n) is 3.86. The molecule has 1 saturated carbocycles. The molecular formula is C21H31N6O3-. The Balaban J connectivity index is 1.65. The highest BCUT2D eigenvalue weighted by Crippen LogP contribution is 2.30. The number of methoxy groups -OCH3 is 2. The molecule has 1 heterocycles. The Labute approximate surface area is 177 Å². The van der Waals surface area contributed by atoms with Crippen molar-refractivity contribution in [1.82, 2.24) is 9.97 Å². The van der Waals surface area contributed by atoms with Gasteiger partial charge in [-0.3, -0.25) is 0 Å². The maximum Gasteiger partial charge on any atom is 0.225 e. The van der Waals surface area contributed by atoms with Gasteiger partial charge in [0.2, 0.25) is 5.95 Å². The van der Waals surface area contributed by atoms with Gasteiger partial charge in [0, 0.05) is 6.54 Å². The van der Waals surface area contributed by atoms with Crippen molar-refractivity contribution in [2.24, 2.45) is 17.6 Å². The molecule has 0 amide bonds. The number of rotatable bonds is 10. The fourth-order valence-corrected chi connectivity index (χ4v) is 3.86. The second-order valence-electron chi connectivity index (χ2n) is 7.56. The van der Waals surface area contributed by atoms with Crippen LogP contribution in [0.5, 0.6) is 11.5 Å². The lowest BCUT2D eigenvalue weighted by atomic mass is 9.82. The van der Waals surface area contributed by atoms with Crippen LogP contribution in [0.25, 0.3) is 0 Å². The van der Waals surface area contributed by atoms with Crippen LogP contribution in [-0.2, 0) is 6.54 Å². The van der Waals surface area contributed by atoms with Crippen molar-refractivity contribution in [2.75, 3.05) is 43.4 Å². The summed E-state index contributed by atoms with van der Waals surface area (Å²) in [5.41, 5.74) is 8.88. The zero-order chi connectivity index (χ0) is 21.3. The van der Waals surface area contributed by atoms with Crippen molar-refractivity contribution in [3.8, 4) is 11.5 Å². The minimum absolute atomic E-state index is 0.325. The molecule has 0 unspecified atom stereocenters. The number of anilines is 3. The maximum absolute atomic E-state index is 11.3. The first-order valence-electron chi connectivity index (χ1n) is 10.3. The van der Waals surface area contributed by atoms with Crippen LogP contribution < -0.4 is 31.3 Å². The summed E-state index contributed by atoms with van der Waals surface area (Å²) in [4.78, 5) is 8.72. The van der Waals surface area contributed by atoms with Crippen LogP contribution in [0.1, 0.15) is 31.2 Å². The van der Waals surface area contributed by atoms with Crippen molar-refractivity contribution < 1.29 is 9.47 Å². The number of aromatic nitrogens is 2. The van der Waals surface area contributed by atoms with Gasteiger partial charge in [-0.15, -0.1) is 0 Å². The smallest absolute Gasteiger partial charge is 0.225 e. The van der Waals surface area contributed by atoms with E-state index >= 15 is 0 Å². The van der Waals surface area contributed by atoms with E-state index in [4.69, 9.17) is 15.2 Å². The summed E-state index contributed by atoms with van der Waals surface area (Å²) in [5, 5.41) is 17.8. The average molecular weight is 416 g/mol. The largest absolute Gasteiger partial charge is 0.761 e. The molecular weight excluding hydrogens is 384 g/mol. The van der Waals surface area contributed by atoms with E-state index in [-0.39, 0.29) is 0 Å². The Morgan fingerprint density at radius 2 is 1.73 bits per heavy atom. The number of hydrogen-bond acceptors (Lipinski definition) is 9. The van der Waals surface area contributed by atoms with Gasteiger partial charge in [-0.2, -0.15) is 4.98 Å². The summed E-state index contributed by atoms with van der Waals surface area (Å²) >= 11 is 0. The molecule has 1 aromatic heterocycles. The molecule has 1 aliphatic carbocycles. The van der Waals surface area contributed by atoms with Crippen LogP contribution in [0.2, 0.25) is 0 Å². The Kier molecular flexibility index (Phi) is 7.92. The monoisotopic (exact) mass is 415 g/mol. The van der Waals surface area contributed by atoms with Crippen molar-refractivity contribution in [1.29, 1.82) is 0 Å². The molecule has 9 nitrogen and oxygen atoms in total. The van der Waals surface area contributed by atoms with E-state index in [1.165, 1.54) is 6.20 Å². The van der Waals surface area contributed by atoms with Gasteiger partial charge in [-0.05, 0) is 56.2 Å². The number of hydrogen-bond donors (Lipinski definition) is 4. The first-order valence-corrected chi connectivity index (χ1v) is 10.3. The minimum atomic E-state index is 0.325. The molecule has 0 saturated heterocycles. The molecule has 1 aromatic carbocycles. The quantitative estimate of drug-likeness (QED) is 0.432. The normalized spacial score (nSPS) is 18.5. The third kappa shape index (κ3) is 5.43. The molecule has 2 aromatic rings. The van der Waals surface area contributed by atoms with Crippen LogP contribution in [0.3, 0.4) is 0 Å². The molecule has 0 radical (unpaired) electrons. The van der Waals surface area contributed by atoms with E-state index < -0.39 is 0 Å². The van der Waals surface area contributed by atoms with Gasteiger partial charge in [-0.25, -0.2) is 4.98 Å².